The lowest BCUT2D eigenvalue weighted by molar-refractivity contribution is -0.127. The minimum Gasteiger partial charge on any atom is -0.351 e. The van der Waals surface area contributed by atoms with Crippen LogP contribution in [0, 0.1) is 5.82 Å². The average Bonchev–Trinajstić information content (AvgIpc) is 3.01. The summed E-state index contributed by atoms with van der Waals surface area (Å²) in [7, 11) is 0. The van der Waals surface area contributed by atoms with Crippen molar-refractivity contribution in [2.75, 3.05) is 11.1 Å². The maximum absolute atomic E-state index is 14.9. The standard InChI is InChI=1S/C20H24ClFN4OS/c1-19(2,3)26-17(27)20(4,5)12-7-6-11(10-13(12)22)23-16-15-14(8-9-28-15)24-18(21)25-16/h6-7,10H,8-9H2,1-5H3,(H,26,27)(H,23,24,25). The minimum atomic E-state index is -1.01. The second-order valence-electron chi connectivity index (χ2n) is 8.36. The molecule has 5 nitrogen and oxygen atoms in total. The number of thioether (sulfide) groups is 1. The molecule has 0 spiro atoms. The van der Waals surface area contributed by atoms with Gasteiger partial charge in [-0.15, -0.1) is 11.8 Å². The highest BCUT2D eigenvalue weighted by Crippen LogP contribution is 2.37. The first-order valence-corrected chi connectivity index (χ1v) is 10.4. The summed E-state index contributed by atoms with van der Waals surface area (Å²) < 4.78 is 14.9. The Morgan fingerprint density at radius 3 is 2.57 bits per heavy atom. The van der Waals surface area contributed by atoms with Crippen LogP contribution in [0.15, 0.2) is 23.1 Å². The molecule has 0 unspecified atom stereocenters. The number of fused-ring (bicyclic) bond motifs is 1. The first kappa shape index (κ1) is 20.9. The van der Waals surface area contributed by atoms with Crippen LogP contribution in [0.4, 0.5) is 15.9 Å². The molecule has 0 saturated carbocycles. The lowest BCUT2D eigenvalue weighted by Crippen LogP contribution is -2.49. The van der Waals surface area contributed by atoms with Gasteiger partial charge >= 0.3 is 0 Å². The van der Waals surface area contributed by atoms with Crippen molar-refractivity contribution in [1.29, 1.82) is 0 Å². The molecule has 2 heterocycles. The van der Waals surface area contributed by atoms with Gasteiger partial charge in [0.25, 0.3) is 0 Å². The number of hydrogen-bond acceptors (Lipinski definition) is 5. The Labute approximate surface area is 173 Å². The molecule has 2 aromatic rings. The Bertz CT molecular complexity index is 927. The molecular weight excluding hydrogens is 399 g/mol. The Morgan fingerprint density at radius 2 is 1.93 bits per heavy atom. The predicted octanol–water partition coefficient (Wildman–Crippen LogP) is 4.85. The predicted molar refractivity (Wildman–Crippen MR) is 112 cm³/mol. The van der Waals surface area contributed by atoms with Crippen LogP contribution in [0.3, 0.4) is 0 Å². The molecule has 1 aromatic carbocycles. The molecule has 2 N–H and O–H groups in total. The summed E-state index contributed by atoms with van der Waals surface area (Å²) >= 11 is 7.66. The number of benzene rings is 1. The fourth-order valence-corrected chi connectivity index (χ4v) is 4.21. The van der Waals surface area contributed by atoms with E-state index in [0.717, 1.165) is 22.8 Å². The number of halogens is 2. The zero-order valence-electron chi connectivity index (χ0n) is 16.6. The third-order valence-electron chi connectivity index (χ3n) is 4.46. The van der Waals surface area contributed by atoms with Crippen molar-refractivity contribution >= 4 is 40.8 Å². The van der Waals surface area contributed by atoms with E-state index in [2.05, 4.69) is 20.6 Å². The number of rotatable bonds is 4. The van der Waals surface area contributed by atoms with E-state index in [9.17, 15) is 9.18 Å². The van der Waals surface area contributed by atoms with Gasteiger partial charge in [0, 0.05) is 29.0 Å². The maximum Gasteiger partial charge on any atom is 0.230 e. The normalized spacial score (nSPS) is 14.0. The molecule has 0 radical (unpaired) electrons. The fraction of sp³-hybridized carbons (Fsp3) is 0.450. The molecule has 0 aliphatic carbocycles. The van der Waals surface area contributed by atoms with Crippen LogP contribution in [0.2, 0.25) is 5.28 Å². The number of amides is 1. The van der Waals surface area contributed by atoms with Crippen LogP contribution < -0.4 is 10.6 Å². The SMILES string of the molecule is CC(C)(C)NC(=O)C(C)(C)c1ccc(Nc2nc(Cl)nc3c2SCC3)cc1F. The first-order chi connectivity index (χ1) is 13.0. The van der Waals surface area contributed by atoms with Gasteiger partial charge in [-0.1, -0.05) is 6.07 Å². The van der Waals surface area contributed by atoms with E-state index >= 15 is 0 Å². The van der Waals surface area contributed by atoms with Crippen molar-refractivity contribution < 1.29 is 9.18 Å². The van der Waals surface area contributed by atoms with E-state index in [0.29, 0.717) is 17.1 Å². The second-order valence-corrected chi connectivity index (χ2v) is 9.81. The Kier molecular flexibility index (Phi) is 5.60. The van der Waals surface area contributed by atoms with Gasteiger partial charge < -0.3 is 10.6 Å². The molecule has 1 aliphatic rings. The molecule has 0 bridgehead atoms. The molecule has 0 atom stereocenters. The smallest absolute Gasteiger partial charge is 0.230 e. The number of carbonyl (C=O) groups excluding carboxylic acids is 1. The number of nitrogens with one attached hydrogen (secondary N) is 2. The van der Waals surface area contributed by atoms with Crippen LogP contribution in [0.5, 0.6) is 0 Å². The lowest BCUT2D eigenvalue weighted by Gasteiger charge is -2.30. The summed E-state index contributed by atoms with van der Waals surface area (Å²) in [4.78, 5) is 22.1. The molecule has 0 saturated heterocycles. The van der Waals surface area contributed by atoms with Crippen LogP contribution in [-0.4, -0.2) is 27.2 Å². The highest BCUT2D eigenvalue weighted by Gasteiger charge is 2.34. The van der Waals surface area contributed by atoms with Crippen molar-refractivity contribution in [2.45, 2.75) is 56.9 Å². The summed E-state index contributed by atoms with van der Waals surface area (Å²) in [5.41, 5.74) is 0.379. The largest absolute Gasteiger partial charge is 0.351 e. The highest BCUT2D eigenvalue weighted by atomic mass is 35.5. The Morgan fingerprint density at radius 1 is 1.21 bits per heavy atom. The van der Waals surface area contributed by atoms with Crippen molar-refractivity contribution in [3.63, 3.8) is 0 Å². The summed E-state index contributed by atoms with van der Waals surface area (Å²) in [6.45, 7) is 9.12. The van der Waals surface area contributed by atoms with Gasteiger partial charge in [-0.3, -0.25) is 4.79 Å². The van der Waals surface area contributed by atoms with Crippen molar-refractivity contribution in [3.8, 4) is 0 Å². The topological polar surface area (TPSA) is 66.9 Å². The monoisotopic (exact) mass is 422 g/mol. The van der Waals surface area contributed by atoms with E-state index in [1.54, 1.807) is 37.7 Å². The van der Waals surface area contributed by atoms with Crippen molar-refractivity contribution in [3.05, 3.63) is 40.6 Å². The zero-order valence-corrected chi connectivity index (χ0v) is 18.2. The third kappa shape index (κ3) is 4.41. The number of hydrogen-bond donors (Lipinski definition) is 2. The van der Waals surface area contributed by atoms with Gasteiger partial charge in [0.05, 0.1) is 16.0 Å². The molecule has 1 aromatic heterocycles. The van der Waals surface area contributed by atoms with E-state index < -0.39 is 16.8 Å². The lowest BCUT2D eigenvalue weighted by atomic mass is 9.82. The summed E-state index contributed by atoms with van der Waals surface area (Å²) in [5.74, 6) is 0.818. The van der Waals surface area contributed by atoms with E-state index in [4.69, 9.17) is 11.6 Å². The summed E-state index contributed by atoms with van der Waals surface area (Å²) in [6.07, 6.45) is 0.835. The van der Waals surface area contributed by atoms with E-state index in [1.807, 2.05) is 20.8 Å². The van der Waals surface area contributed by atoms with Crippen LogP contribution in [-0.2, 0) is 16.6 Å². The molecule has 3 rings (SSSR count). The van der Waals surface area contributed by atoms with Crippen LogP contribution >= 0.6 is 23.4 Å². The molecule has 0 fully saturated rings. The summed E-state index contributed by atoms with van der Waals surface area (Å²) in [6, 6.07) is 4.76. The Balaban J connectivity index is 1.86. The van der Waals surface area contributed by atoms with Gasteiger partial charge in [0.1, 0.15) is 11.6 Å². The van der Waals surface area contributed by atoms with Gasteiger partial charge in [-0.05, 0) is 58.4 Å². The quantitative estimate of drug-likeness (QED) is 0.689. The molecule has 1 amide bonds. The van der Waals surface area contributed by atoms with Crippen molar-refractivity contribution in [1.82, 2.24) is 15.3 Å². The van der Waals surface area contributed by atoms with Crippen LogP contribution in [0.25, 0.3) is 0 Å². The molecule has 1 aliphatic heterocycles. The summed E-state index contributed by atoms with van der Waals surface area (Å²) in [5, 5.41) is 6.22. The van der Waals surface area contributed by atoms with Gasteiger partial charge in [0.15, 0.2) is 0 Å². The van der Waals surface area contributed by atoms with Gasteiger partial charge in [-0.2, -0.15) is 4.98 Å². The number of aromatic nitrogens is 2. The first-order valence-electron chi connectivity index (χ1n) is 9.06. The zero-order chi connectivity index (χ0) is 20.7. The molecule has 8 heteroatoms. The number of nitrogens with zero attached hydrogens (tertiary/aromatic N) is 2. The van der Waals surface area contributed by atoms with Gasteiger partial charge in [-0.25, -0.2) is 9.37 Å². The molecule has 28 heavy (non-hydrogen) atoms. The fourth-order valence-electron chi connectivity index (χ4n) is 2.98. The minimum absolute atomic E-state index is 0.167. The number of anilines is 2. The maximum atomic E-state index is 14.9. The van der Waals surface area contributed by atoms with E-state index in [1.165, 1.54) is 6.07 Å². The molecule has 150 valence electrons. The van der Waals surface area contributed by atoms with Gasteiger partial charge in [0.2, 0.25) is 11.2 Å². The Hall–Kier alpha value is -1.86. The van der Waals surface area contributed by atoms with Crippen LogP contribution in [0.1, 0.15) is 45.9 Å². The third-order valence-corrected chi connectivity index (χ3v) is 5.75. The highest BCUT2D eigenvalue weighted by molar-refractivity contribution is 7.99. The van der Waals surface area contributed by atoms with E-state index in [-0.39, 0.29) is 11.2 Å². The number of aryl methyl sites for hydroxylation is 1. The number of carbonyl (C=O) groups is 1. The molecular formula is C20H24ClFN4OS. The average molecular weight is 423 g/mol. The second kappa shape index (κ2) is 7.52. The van der Waals surface area contributed by atoms with Crippen molar-refractivity contribution in [2.24, 2.45) is 0 Å².